The van der Waals surface area contributed by atoms with Crippen LogP contribution in [0.25, 0.3) is 0 Å². The molecule has 2 heteroatoms. The largest absolute Gasteiger partial charge is 0.481 e. The van der Waals surface area contributed by atoms with E-state index >= 15 is 0 Å². The Balaban J connectivity index is 3.17. The van der Waals surface area contributed by atoms with Gasteiger partial charge in [-0.1, -0.05) is 71.6 Å². The highest BCUT2D eigenvalue weighted by Crippen LogP contribution is 2.17. The van der Waals surface area contributed by atoms with E-state index in [0.29, 0.717) is 6.42 Å². The molecule has 0 aliphatic carbocycles. The van der Waals surface area contributed by atoms with Crippen LogP contribution in [0.3, 0.4) is 0 Å². The molecule has 0 aromatic rings. The average Bonchev–Trinajstić information content (AvgIpc) is 2.29. The summed E-state index contributed by atoms with van der Waals surface area (Å²) in [4.78, 5) is 10.3. The normalized spacial score (nSPS) is 12.6. The molecule has 1 atom stereocenters. The highest BCUT2D eigenvalue weighted by molar-refractivity contribution is 5.66. The molecule has 0 saturated heterocycles. The summed E-state index contributed by atoms with van der Waals surface area (Å²) >= 11 is 0. The van der Waals surface area contributed by atoms with Crippen LogP contribution in [0.1, 0.15) is 84.5 Å². The summed E-state index contributed by atoms with van der Waals surface area (Å²) in [5.74, 6) is 0.114. The fourth-order valence-corrected chi connectivity index (χ4v) is 2.19. The van der Waals surface area contributed by atoms with Gasteiger partial charge < -0.3 is 5.11 Å². The Labute approximate surface area is 107 Å². The summed E-state index contributed by atoms with van der Waals surface area (Å²) in [6.07, 6.45) is 13.0. The highest BCUT2D eigenvalue weighted by Gasteiger charge is 2.03. The van der Waals surface area contributed by atoms with Crippen molar-refractivity contribution in [3.63, 3.8) is 0 Å². The lowest BCUT2D eigenvalue weighted by atomic mass is 9.96. The molecule has 0 aliphatic rings. The van der Waals surface area contributed by atoms with Gasteiger partial charge in [0.25, 0.3) is 0 Å². The first kappa shape index (κ1) is 16.5. The molecule has 0 saturated carbocycles. The van der Waals surface area contributed by atoms with Crippen LogP contribution in [0.4, 0.5) is 0 Å². The van der Waals surface area contributed by atoms with Crippen molar-refractivity contribution in [2.24, 2.45) is 5.92 Å². The first-order valence-corrected chi connectivity index (χ1v) is 7.38. The second kappa shape index (κ2) is 11.9. The van der Waals surface area contributed by atoms with E-state index in [0.717, 1.165) is 18.8 Å². The van der Waals surface area contributed by atoms with E-state index < -0.39 is 5.97 Å². The lowest BCUT2D eigenvalue weighted by molar-refractivity contribution is -0.137. The number of hydrogen-bond donors (Lipinski definition) is 1. The minimum Gasteiger partial charge on any atom is -0.481 e. The Hall–Kier alpha value is -0.530. The number of carboxylic acid groups (broad SMARTS) is 1. The van der Waals surface area contributed by atoms with Crippen LogP contribution in [-0.4, -0.2) is 11.1 Å². The van der Waals surface area contributed by atoms with Gasteiger partial charge in [0.2, 0.25) is 0 Å². The summed E-state index contributed by atoms with van der Waals surface area (Å²) < 4.78 is 0. The second-order valence-corrected chi connectivity index (χ2v) is 5.30. The van der Waals surface area contributed by atoms with E-state index in [9.17, 15) is 4.79 Å². The second-order valence-electron chi connectivity index (χ2n) is 5.30. The van der Waals surface area contributed by atoms with Gasteiger partial charge >= 0.3 is 5.97 Å². The number of carboxylic acids is 1. The molecule has 0 fully saturated rings. The minimum absolute atomic E-state index is 0.337. The lowest BCUT2D eigenvalue weighted by Crippen LogP contribution is -1.98. The smallest absolute Gasteiger partial charge is 0.303 e. The third-order valence-electron chi connectivity index (χ3n) is 3.39. The molecule has 17 heavy (non-hydrogen) atoms. The van der Waals surface area contributed by atoms with E-state index in [1.165, 1.54) is 51.4 Å². The molecule has 0 aliphatic heterocycles. The van der Waals surface area contributed by atoms with E-state index in [4.69, 9.17) is 5.11 Å². The Bertz CT molecular complexity index is 178. The maximum atomic E-state index is 10.3. The van der Waals surface area contributed by atoms with Crippen LogP contribution in [0.15, 0.2) is 0 Å². The summed E-state index contributed by atoms with van der Waals surface area (Å²) in [5.41, 5.74) is 0. The van der Waals surface area contributed by atoms with Crippen LogP contribution < -0.4 is 0 Å². The molecular weight excluding hydrogens is 212 g/mol. The molecule has 102 valence electrons. The third kappa shape index (κ3) is 13.4. The molecule has 1 N–H and O–H groups in total. The van der Waals surface area contributed by atoms with Gasteiger partial charge in [0.15, 0.2) is 0 Å². The number of unbranched alkanes of at least 4 members (excludes halogenated alkanes) is 6. The van der Waals surface area contributed by atoms with Gasteiger partial charge in [-0.15, -0.1) is 0 Å². The monoisotopic (exact) mass is 242 g/mol. The zero-order chi connectivity index (χ0) is 12.9. The van der Waals surface area contributed by atoms with Gasteiger partial charge in [-0.3, -0.25) is 4.79 Å². The third-order valence-corrected chi connectivity index (χ3v) is 3.39. The SMILES string of the molecule is CCCCCCCC[C@@H](C)CCCCC(=O)O. The van der Waals surface area contributed by atoms with Crippen molar-refractivity contribution in [3.8, 4) is 0 Å². The molecular formula is C15H30O2. The van der Waals surface area contributed by atoms with Crippen molar-refractivity contribution < 1.29 is 9.90 Å². The van der Waals surface area contributed by atoms with Gasteiger partial charge in [0.05, 0.1) is 0 Å². The van der Waals surface area contributed by atoms with E-state index in [2.05, 4.69) is 13.8 Å². The fourth-order valence-electron chi connectivity index (χ4n) is 2.19. The van der Waals surface area contributed by atoms with Crippen LogP contribution in [0.5, 0.6) is 0 Å². The zero-order valence-corrected chi connectivity index (χ0v) is 11.7. The Kier molecular flexibility index (Phi) is 11.6. The summed E-state index contributed by atoms with van der Waals surface area (Å²) in [6.45, 7) is 4.55. The summed E-state index contributed by atoms with van der Waals surface area (Å²) in [5, 5.41) is 8.52. The standard InChI is InChI=1S/C15H30O2/c1-3-4-5-6-7-8-11-14(2)12-9-10-13-15(16)17/h14H,3-13H2,1-2H3,(H,16,17)/t14-/m1/s1. The fraction of sp³-hybridized carbons (Fsp3) is 0.933. The van der Waals surface area contributed by atoms with Gasteiger partial charge in [-0.2, -0.15) is 0 Å². The van der Waals surface area contributed by atoms with Gasteiger partial charge in [-0.25, -0.2) is 0 Å². The van der Waals surface area contributed by atoms with Crippen LogP contribution in [0.2, 0.25) is 0 Å². The predicted octanol–water partition coefficient (Wildman–Crippen LogP) is 5.02. The Morgan fingerprint density at radius 3 is 2.06 bits per heavy atom. The maximum absolute atomic E-state index is 10.3. The summed E-state index contributed by atoms with van der Waals surface area (Å²) in [6, 6.07) is 0. The van der Waals surface area contributed by atoms with Gasteiger partial charge in [0, 0.05) is 6.42 Å². The van der Waals surface area contributed by atoms with Crippen molar-refractivity contribution in [2.75, 3.05) is 0 Å². The molecule has 0 aromatic carbocycles. The van der Waals surface area contributed by atoms with Crippen LogP contribution in [0, 0.1) is 5.92 Å². The first-order chi connectivity index (χ1) is 8.16. The van der Waals surface area contributed by atoms with Gasteiger partial charge in [0.1, 0.15) is 0 Å². The molecule has 0 heterocycles. The van der Waals surface area contributed by atoms with Crippen molar-refractivity contribution in [3.05, 3.63) is 0 Å². The van der Waals surface area contributed by atoms with E-state index in [1.807, 2.05) is 0 Å². The van der Waals surface area contributed by atoms with Crippen molar-refractivity contribution in [1.82, 2.24) is 0 Å². The quantitative estimate of drug-likeness (QED) is 0.488. The Morgan fingerprint density at radius 2 is 1.47 bits per heavy atom. The molecule has 0 radical (unpaired) electrons. The molecule has 0 rings (SSSR count). The molecule has 0 spiro atoms. The molecule has 0 bridgehead atoms. The van der Waals surface area contributed by atoms with Crippen LogP contribution in [-0.2, 0) is 4.79 Å². The van der Waals surface area contributed by atoms with Crippen molar-refractivity contribution in [2.45, 2.75) is 84.5 Å². The van der Waals surface area contributed by atoms with Crippen molar-refractivity contribution >= 4 is 5.97 Å². The number of aliphatic carboxylic acids is 1. The van der Waals surface area contributed by atoms with Gasteiger partial charge in [-0.05, 0) is 12.3 Å². The molecule has 0 aromatic heterocycles. The topological polar surface area (TPSA) is 37.3 Å². The molecule has 0 unspecified atom stereocenters. The average molecular weight is 242 g/mol. The first-order valence-electron chi connectivity index (χ1n) is 7.38. The number of carbonyl (C=O) groups is 1. The van der Waals surface area contributed by atoms with Crippen molar-refractivity contribution in [1.29, 1.82) is 0 Å². The maximum Gasteiger partial charge on any atom is 0.303 e. The highest BCUT2D eigenvalue weighted by atomic mass is 16.4. The predicted molar refractivity (Wildman–Crippen MR) is 73.3 cm³/mol. The molecule has 0 amide bonds. The lowest BCUT2D eigenvalue weighted by Gasteiger charge is -2.10. The number of rotatable bonds is 12. The van der Waals surface area contributed by atoms with E-state index in [1.54, 1.807) is 0 Å². The van der Waals surface area contributed by atoms with Crippen LogP contribution >= 0.6 is 0 Å². The molecule has 2 nitrogen and oxygen atoms in total. The minimum atomic E-state index is -0.659. The Morgan fingerprint density at radius 1 is 0.941 bits per heavy atom. The van der Waals surface area contributed by atoms with E-state index in [-0.39, 0.29) is 0 Å². The number of hydrogen-bond acceptors (Lipinski definition) is 1. The zero-order valence-electron chi connectivity index (χ0n) is 11.7. The summed E-state index contributed by atoms with van der Waals surface area (Å²) in [7, 11) is 0.